The van der Waals surface area contributed by atoms with Gasteiger partial charge in [-0.3, -0.25) is 9.59 Å². The number of benzene rings is 1. The van der Waals surface area contributed by atoms with Crippen LogP contribution in [0.1, 0.15) is 29.9 Å². The molecule has 0 aromatic heterocycles. The van der Waals surface area contributed by atoms with Gasteiger partial charge in [0.1, 0.15) is 0 Å². The number of nitriles is 1. The molecule has 0 unspecified atom stereocenters. The van der Waals surface area contributed by atoms with Crippen molar-refractivity contribution >= 4 is 11.9 Å². The predicted molar refractivity (Wildman–Crippen MR) is 54.2 cm³/mol. The fourth-order valence-electron chi connectivity index (χ4n) is 1.78. The largest absolute Gasteiger partial charge is 0.393 e. The molecule has 1 aromatic rings. The van der Waals surface area contributed by atoms with E-state index in [-0.39, 0.29) is 18.8 Å². The molecule has 0 atom stereocenters. The SMILES string of the molecule is N#Cc1cccc(C2CC(=O)OC(=O)C2)c1. The molecule has 0 radical (unpaired) electrons. The van der Waals surface area contributed by atoms with Crippen LogP contribution in [0.3, 0.4) is 0 Å². The minimum Gasteiger partial charge on any atom is -0.393 e. The summed E-state index contributed by atoms with van der Waals surface area (Å²) >= 11 is 0. The van der Waals surface area contributed by atoms with E-state index in [2.05, 4.69) is 4.74 Å². The average Bonchev–Trinajstić information content (AvgIpc) is 2.28. The first-order valence-corrected chi connectivity index (χ1v) is 4.92. The van der Waals surface area contributed by atoms with Gasteiger partial charge in [0.25, 0.3) is 0 Å². The summed E-state index contributed by atoms with van der Waals surface area (Å²) < 4.78 is 4.45. The highest BCUT2D eigenvalue weighted by Gasteiger charge is 2.28. The molecule has 0 amide bonds. The lowest BCUT2D eigenvalue weighted by Crippen LogP contribution is -2.24. The van der Waals surface area contributed by atoms with E-state index in [9.17, 15) is 9.59 Å². The molecule has 80 valence electrons. The molecule has 0 spiro atoms. The zero-order chi connectivity index (χ0) is 11.5. The lowest BCUT2D eigenvalue weighted by molar-refractivity contribution is -0.163. The third kappa shape index (κ3) is 2.09. The van der Waals surface area contributed by atoms with Crippen LogP contribution in [-0.2, 0) is 14.3 Å². The van der Waals surface area contributed by atoms with Crippen molar-refractivity contribution in [1.29, 1.82) is 5.26 Å². The van der Waals surface area contributed by atoms with Crippen LogP contribution < -0.4 is 0 Å². The summed E-state index contributed by atoms with van der Waals surface area (Å²) in [6.07, 6.45) is 0.390. The smallest absolute Gasteiger partial charge is 0.314 e. The van der Waals surface area contributed by atoms with E-state index in [0.717, 1.165) is 5.56 Å². The quantitative estimate of drug-likeness (QED) is 0.526. The van der Waals surface area contributed by atoms with Crippen molar-refractivity contribution in [3.05, 3.63) is 35.4 Å². The highest BCUT2D eigenvalue weighted by molar-refractivity contribution is 5.89. The van der Waals surface area contributed by atoms with Gasteiger partial charge < -0.3 is 4.74 Å². The van der Waals surface area contributed by atoms with Gasteiger partial charge in [0.05, 0.1) is 24.5 Å². The molecule has 1 saturated heterocycles. The summed E-state index contributed by atoms with van der Waals surface area (Å²) in [5.74, 6) is -1.16. The number of cyclic esters (lactones) is 2. The summed E-state index contributed by atoms with van der Waals surface area (Å²) in [4.78, 5) is 22.2. The van der Waals surface area contributed by atoms with Gasteiger partial charge in [0, 0.05) is 5.92 Å². The summed E-state index contributed by atoms with van der Waals surface area (Å²) in [6.45, 7) is 0. The lowest BCUT2D eigenvalue weighted by atomic mass is 9.90. The van der Waals surface area contributed by atoms with E-state index in [4.69, 9.17) is 5.26 Å². The van der Waals surface area contributed by atoms with Gasteiger partial charge in [-0.15, -0.1) is 0 Å². The van der Waals surface area contributed by atoms with Gasteiger partial charge in [-0.1, -0.05) is 12.1 Å². The Labute approximate surface area is 92.4 Å². The van der Waals surface area contributed by atoms with Crippen LogP contribution in [0.25, 0.3) is 0 Å². The zero-order valence-corrected chi connectivity index (χ0v) is 8.47. The molecule has 1 aromatic carbocycles. The molecule has 0 N–H and O–H groups in total. The molecule has 4 heteroatoms. The lowest BCUT2D eigenvalue weighted by Gasteiger charge is -2.19. The maximum Gasteiger partial charge on any atom is 0.314 e. The fourth-order valence-corrected chi connectivity index (χ4v) is 1.78. The van der Waals surface area contributed by atoms with Crippen LogP contribution in [0, 0.1) is 11.3 Å². The maximum absolute atomic E-state index is 11.1. The van der Waals surface area contributed by atoms with Gasteiger partial charge >= 0.3 is 11.9 Å². The Morgan fingerprint density at radius 3 is 2.56 bits per heavy atom. The van der Waals surface area contributed by atoms with Crippen LogP contribution in [-0.4, -0.2) is 11.9 Å². The van der Waals surface area contributed by atoms with Crippen molar-refractivity contribution in [1.82, 2.24) is 0 Å². The topological polar surface area (TPSA) is 67.2 Å². The van der Waals surface area contributed by atoms with Gasteiger partial charge in [0.2, 0.25) is 0 Å². The second-order valence-electron chi connectivity index (χ2n) is 3.69. The second kappa shape index (κ2) is 4.15. The summed E-state index contributed by atoms with van der Waals surface area (Å²) in [5.41, 5.74) is 1.37. The van der Waals surface area contributed by atoms with Crippen LogP contribution in [0.4, 0.5) is 0 Å². The molecule has 1 fully saturated rings. The summed E-state index contributed by atoms with van der Waals surface area (Å²) in [7, 11) is 0. The Hall–Kier alpha value is -2.15. The van der Waals surface area contributed by atoms with Gasteiger partial charge in [-0.2, -0.15) is 5.26 Å². The number of rotatable bonds is 1. The first-order valence-electron chi connectivity index (χ1n) is 4.92. The normalized spacial score (nSPS) is 16.7. The minimum atomic E-state index is -0.497. The third-order valence-electron chi connectivity index (χ3n) is 2.54. The highest BCUT2D eigenvalue weighted by atomic mass is 16.6. The fraction of sp³-hybridized carbons (Fsp3) is 0.250. The highest BCUT2D eigenvalue weighted by Crippen LogP contribution is 2.28. The number of nitrogens with zero attached hydrogens (tertiary/aromatic N) is 1. The molecule has 2 rings (SSSR count). The molecule has 1 aliphatic heterocycles. The zero-order valence-electron chi connectivity index (χ0n) is 8.47. The second-order valence-corrected chi connectivity index (χ2v) is 3.69. The number of ether oxygens (including phenoxy) is 1. The Morgan fingerprint density at radius 1 is 1.25 bits per heavy atom. The van der Waals surface area contributed by atoms with E-state index in [0.29, 0.717) is 5.56 Å². The van der Waals surface area contributed by atoms with Crippen LogP contribution in [0.2, 0.25) is 0 Å². The molecular formula is C12H9NO3. The van der Waals surface area contributed by atoms with Gasteiger partial charge in [-0.05, 0) is 17.7 Å². The number of esters is 2. The summed E-state index contributed by atoms with van der Waals surface area (Å²) in [5, 5.41) is 8.76. The molecular weight excluding hydrogens is 206 g/mol. The van der Waals surface area contributed by atoms with E-state index >= 15 is 0 Å². The predicted octanol–water partition coefficient (Wildman–Crippen LogP) is 1.51. The van der Waals surface area contributed by atoms with Gasteiger partial charge in [-0.25, -0.2) is 0 Å². The average molecular weight is 215 g/mol. The van der Waals surface area contributed by atoms with E-state index in [1.807, 2.05) is 12.1 Å². The van der Waals surface area contributed by atoms with E-state index in [1.165, 1.54) is 0 Å². The standard InChI is InChI=1S/C12H9NO3/c13-7-8-2-1-3-9(4-8)10-5-11(14)16-12(15)6-10/h1-4,10H,5-6H2. The Morgan fingerprint density at radius 2 is 1.94 bits per heavy atom. The first kappa shape index (κ1) is 10.4. The minimum absolute atomic E-state index is 0.165. The van der Waals surface area contributed by atoms with E-state index < -0.39 is 11.9 Å². The van der Waals surface area contributed by atoms with Crippen LogP contribution in [0.15, 0.2) is 24.3 Å². The molecule has 1 heterocycles. The molecule has 4 nitrogen and oxygen atoms in total. The number of hydrogen-bond acceptors (Lipinski definition) is 4. The maximum atomic E-state index is 11.1. The van der Waals surface area contributed by atoms with E-state index in [1.54, 1.807) is 18.2 Å². The van der Waals surface area contributed by atoms with Crippen molar-refractivity contribution in [3.8, 4) is 6.07 Å². The Kier molecular flexibility index (Phi) is 2.69. The number of carbonyl (C=O) groups excluding carboxylic acids is 2. The van der Waals surface area contributed by atoms with Crippen molar-refractivity contribution in [2.45, 2.75) is 18.8 Å². The third-order valence-corrected chi connectivity index (χ3v) is 2.54. The van der Waals surface area contributed by atoms with Crippen molar-refractivity contribution in [2.24, 2.45) is 0 Å². The van der Waals surface area contributed by atoms with Crippen molar-refractivity contribution in [3.63, 3.8) is 0 Å². The summed E-state index contributed by atoms with van der Waals surface area (Å²) in [6, 6.07) is 8.98. The van der Waals surface area contributed by atoms with Gasteiger partial charge in [0.15, 0.2) is 0 Å². The van der Waals surface area contributed by atoms with Crippen molar-refractivity contribution in [2.75, 3.05) is 0 Å². The van der Waals surface area contributed by atoms with Crippen LogP contribution in [0.5, 0.6) is 0 Å². The molecule has 1 aliphatic rings. The Balaban J connectivity index is 2.26. The number of hydrogen-bond donors (Lipinski definition) is 0. The molecule has 0 saturated carbocycles. The van der Waals surface area contributed by atoms with Crippen LogP contribution >= 0.6 is 0 Å². The monoisotopic (exact) mass is 215 g/mol. The van der Waals surface area contributed by atoms with Crippen molar-refractivity contribution < 1.29 is 14.3 Å². The number of carbonyl (C=O) groups is 2. The Bertz CT molecular complexity index is 471. The first-order chi connectivity index (χ1) is 7.69. The molecule has 0 bridgehead atoms. The molecule has 16 heavy (non-hydrogen) atoms. The molecule has 0 aliphatic carbocycles.